The largest absolute Gasteiger partial charge is 0.207 e. The molecule has 0 spiro atoms. The minimum Gasteiger partial charge on any atom is -0.207 e. The van der Waals surface area contributed by atoms with Gasteiger partial charge in [-0.2, -0.15) is 0 Å². The summed E-state index contributed by atoms with van der Waals surface area (Å²) >= 11 is 0. The van der Waals surface area contributed by atoms with E-state index in [1.54, 1.807) is 6.07 Å². The standard InChI is InChI=1S/C13H19F/c1-5-11-6-7-12(8-13(11)14)10(4)9(2)3/h6-10H,5H2,1-4H3. The second-order valence-electron chi connectivity index (χ2n) is 4.24. The van der Waals surface area contributed by atoms with Crippen LogP contribution in [-0.4, -0.2) is 0 Å². The molecule has 1 aromatic carbocycles. The molecule has 1 unspecified atom stereocenters. The summed E-state index contributed by atoms with van der Waals surface area (Å²) in [4.78, 5) is 0. The summed E-state index contributed by atoms with van der Waals surface area (Å²) < 4.78 is 13.5. The van der Waals surface area contributed by atoms with Crippen LogP contribution in [0.4, 0.5) is 4.39 Å². The Morgan fingerprint density at radius 1 is 1.21 bits per heavy atom. The molecule has 1 atom stereocenters. The Balaban J connectivity index is 2.96. The third kappa shape index (κ3) is 2.34. The SMILES string of the molecule is CCc1ccc(C(C)C(C)C)cc1F. The Kier molecular flexibility index (Phi) is 3.68. The molecule has 0 aromatic heterocycles. The highest BCUT2D eigenvalue weighted by molar-refractivity contribution is 5.26. The molecule has 0 amide bonds. The monoisotopic (exact) mass is 194 g/mol. The van der Waals surface area contributed by atoms with Crippen LogP contribution in [0.25, 0.3) is 0 Å². The maximum atomic E-state index is 13.5. The van der Waals surface area contributed by atoms with Gasteiger partial charge >= 0.3 is 0 Å². The summed E-state index contributed by atoms with van der Waals surface area (Å²) in [7, 11) is 0. The van der Waals surface area contributed by atoms with Crippen LogP contribution in [0.1, 0.15) is 44.7 Å². The van der Waals surface area contributed by atoms with Crippen LogP contribution in [0.2, 0.25) is 0 Å². The molecule has 0 bridgehead atoms. The van der Waals surface area contributed by atoms with Crippen LogP contribution in [0, 0.1) is 11.7 Å². The van der Waals surface area contributed by atoms with Crippen LogP contribution < -0.4 is 0 Å². The first-order valence-corrected chi connectivity index (χ1v) is 5.34. The van der Waals surface area contributed by atoms with Gasteiger partial charge in [0.15, 0.2) is 0 Å². The Labute approximate surface area is 86.2 Å². The van der Waals surface area contributed by atoms with Gasteiger partial charge in [0.05, 0.1) is 0 Å². The molecule has 0 nitrogen and oxygen atoms in total. The van der Waals surface area contributed by atoms with Gasteiger partial charge in [0.25, 0.3) is 0 Å². The fraction of sp³-hybridized carbons (Fsp3) is 0.538. The van der Waals surface area contributed by atoms with Crippen molar-refractivity contribution in [2.75, 3.05) is 0 Å². The number of hydrogen-bond acceptors (Lipinski definition) is 0. The third-order valence-corrected chi connectivity index (χ3v) is 2.98. The average Bonchev–Trinajstić information content (AvgIpc) is 2.16. The highest BCUT2D eigenvalue weighted by atomic mass is 19.1. The van der Waals surface area contributed by atoms with E-state index >= 15 is 0 Å². The van der Waals surface area contributed by atoms with E-state index in [-0.39, 0.29) is 5.82 Å². The van der Waals surface area contributed by atoms with Crippen molar-refractivity contribution in [3.8, 4) is 0 Å². The van der Waals surface area contributed by atoms with Gasteiger partial charge in [-0.15, -0.1) is 0 Å². The molecule has 14 heavy (non-hydrogen) atoms. The summed E-state index contributed by atoms with van der Waals surface area (Å²) in [6, 6.07) is 5.64. The summed E-state index contributed by atoms with van der Waals surface area (Å²) in [5.41, 5.74) is 1.92. The summed E-state index contributed by atoms with van der Waals surface area (Å²) in [5.74, 6) is 0.926. The second-order valence-corrected chi connectivity index (χ2v) is 4.24. The molecule has 0 radical (unpaired) electrons. The normalized spacial score (nSPS) is 13.3. The first-order chi connectivity index (χ1) is 6.56. The molecule has 1 rings (SSSR count). The lowest BCUT2D eigenvalue weighted by Crippen LogP contribution is -2.03. The van der Waals surface area contributed by atoms with E-state index in [0.29, 0.717) is 11.8 Å². The van der Waals surface area contributed by atoms with E-state index in [4.69, 9.17) is 0 Å². The van der Waals surface area contributed by atoms with Crippen molar-refractivity contribution in [3.63, 3.8) is 0 Å². The maximum Gasteiger partial charge on any atom is 0.126 e. The molecule has 0 aliphatic heterocycles. The van der Waals surface area contributed by atoms with E-state index in [2.05, 4.69) is 20.8 Å². The topological polar surface area (TPSA) is 0 Å². The van der Waals surface area contributed by atoms with Gasteiger partial charge in [-0.05, 0) is 35.4 Å². The minimum absolute atomic E-state index is 0.0579. The predicted octanol–water partition coefficient (Wildman–Crippen LogP) is 4.15. The molecule has 0 saturated heterocycles. The third-order valence-electron chi connectivity index (χ3n) is 2.98. The molecule has 1 heteroatoms. The zero-order valence-electron chi connectivity index (χ0n) is 9.47. The Morgan fingerprint density at radius 2 is 1.86 bits per heavy atom. The summed E-state index contributed by atoms with van der Waals surface area (Å²) in [6.45, 7) is 8.45. The fourth-order valence-electron chi connectivity index (χ4n) is 1.52. The molecule has 0 N–H and O–H groups in total. The molecular formula is C13H19F. The van der Waals surface area contributed by atoms with Crippen molar-refractivity contribution in [1.29, 1.82) is 0 Å². The molecule has 0 aliphatic carbocycles. The molecule has 0 fully saturated rings. The molecule has 1 aromatic rings. The smallest absolute Gasteiger partial charge is 0.126 e. The van der Waals surface area contributed by atoms with Crippen LogP contribution in [0.5, 0.6) is 0 Å². The molecule has 0 heterocycles. The lowest BCUT2D eigenvalue weighted by Gasteiger charge is -2.16. The van der Waals surface area contributed by atoms with Crippen molar-refractivity contribution in [2.45, 2.75) is 40.0 Å². The van der Waals surface area contributed by atoms with E-state index in [1.807, 2.05) is 19.1 Å². The van der Waals surface area contributed by atoms with E-state index in [0.717, 1.165) is 17.5 Å². The summed E-state index contributed by atoms with van der Waals surface area (Å²) in [6.07, 6.45) is 0.766. The van der Waals surface area contributed by atoms with Crippen LogP contribution in [-0.2, 0) is 6.42 Å². The average molecular weight is 194 g/mol. The van der Waals surface area contributed by atoms with Gasteiger partial charge in [-0.3, -0.25) is 0 Å². The first kappa shape index (κ1) is 11.2. The van der Waals surface area contributed by atoms with Gasteiger partial charge in [-0.1, -0.05) is 39.8 Å². The predicted molar refractivity (Wildman–Crippen MR) is 59.0 cm³/mol. The molecule has 0 aliphatic rings. The second kappa shape index (κ2) is 4.59. The van der Waals surface area contributed by atoms with Crippen LogP contribution in [0.3, 0.4) is 0 Å². The van der Waals surface area contributed by atoms with Crippen LogP contribution >= 0.6 is 0 Å². The van der Waals surface area contributed by atoms with E-state index < -0.39 is 0 Å². The van der Waals surface area contributed by atoms with Gasteiger partial charge in [0.2, 0.25) is 0 Å². The number of rotatable bonds is 3. The van der Waals surface area contributed by atoms with Crippen molar-refractivity contribution in [3.05, 3.63) is 35.1 Å². The maximum absolute atomic E-state index is 13.5. The van der Waals surface area contributed by atoms with Crippen molar-refractivity contribution in [1.82, 2.24) is 0 Å². The fourth-order valence-corrected chi connectivity index (χ4v) is 1.52. The van der Waals surface area contributed by atoms with Crippen molar-refractivity contribution >= 4 is 0 Å². The number of hydrogen-bond donors (Lipinski definition) is 0. The van der Waals surface area contributed by atoms with Gasteiger partial charge in [0, 0.05) is 0 Å². The van der Waals surface area contributed by atoms with Gasteiger partial charge in [0.1, 0.15) is 5.82 Å². The first-order valence-electron chi connectivity index (χ1n) is 5.34. The van der Waals surface area contributed by atoms with Crippen molar-refractivity contribution < 1.29 is 4.39 Å². The lowest BCUT2D eigenvalue weighted by atomic mass is 9.89. The summed E-state index contributed by atoms with van der Waals surface area (Å²) in [5, 5.41) is 0. The Hall–Kier alpha value is -0.850. The highest BCUT2D eigenvalue weighted by Gasteiger charge is 2.11. The Morgan fingerprint density at radius 3 is 2.29 bits per heavy atom. The lowest BCUT2D eigenvalue weighted by molar-refractivity contribution is 0.528. The minimum atomic E-state index is -0.0579. The van der Waals surface area contributed by atoms with Gasteiger partial charge < -0.3 is 0 Å². The Bertz CT molecular complexity index is 302. The van der Waals surface area contributed by atoms with E-state index in [9.17, 15) is 4.39 Å². The number of halogens is 1. The van der Waals surface area contributed by atoms with E-state index in [1.165, 1.54) is 0 Å². The van der Waals surface area contributed by atoms with Gasteiger partial charge in [-0.25, -0.2) is 4.39 Å². The highest BCUT2D eigenvalue weighted by Crippen LogP contribution is 2.25. The number of benzene rings is 1. The zero-order chi connectivity index (χ0) is 10.7. The molecular weight excluding hydrogens is 175 g/mol. The van der Waals surface area contributed by atoms with Crippen LogP contribution in [0.15, 0.2) is 18.2 Å². The number of aryl methyl sites for hydroxylation is 1. The molecule has 0 saturated carbocycles. The molecule has 78 valence electrons. The zero-order valence-corrected chi connectivity index (χ0v) is 9.47. The van der Waals surface area contributed by atoms with Crippen molar-refractivity contribution in [2.24, 2.45) is 5.92 Å². The quantitative estimate of drug-likeness (QED) is 0.678.